The molecule has 0 saturated carbocycles. The van der Waals surface area contributed by atoms with Gasteiger partial charge in [0.25, 0.3) is 0 Å². The van der Waals surface area contributed by atoms with Gasteiger partial charge in [0.15, 0.2) is 10.9 Å². The summed E-state index contributed by atoms with van der Waals surface area (Å²) in [5.41, 5.74) is 0.369. The molecule has 1 aromatic heterocycles. The van der Waals surface area contributed by atoms with E-state index in [0.29, 0.717) is 12.3 Å². The minimum Gasteiger partial charge on any atom is -0.461 e. The smallest absolute Gasteiger partial charge is 0.358 e. The number of esters is 1. The van der Waals surface area contributed by atoms with Crippen molar-refractivity contribution >= 4 is 17.7 Å². The Balaban J connectivity index is 2.84. The molecule has 0 aliphatic heterocycles. The number of nitrogens with zero attached hydrogens (tertiary/aromatic N) is 2. The number of hydrogen-bond acceptors (Lipinski definition) is 4. The first-order valence-electron chi connectivity index (χ1n) is 3.93. The number of hydrogen-bond donors (Lipinski definition) is 0. The molecule has 0 amide bonds. The highest BCUT2D eigenvalue weighted by atomic mass is 32.2. The number of ether oxygens (including phenoxy) is 1. The molecule has 4 nitrogen and oxygen atoms in total. The fourth-order valence-corrected chi connectivity index (χ4v) is 1.47. The van der Waals surface area contributed by atoms with Gasteiger partial charge < -0.3 is 9.30 Å². The Morgan fingerprint density at radius 3 is 2.92 bits per heavy atom. The van der Waals surface area contributed by atoms with Gasteiger partial charge in [0.1, 0.15) is 0 Å². The normalized spacial score (nSPS) is 10.1. The maximum Gasteiger partial charge on any atom is 0.358 e. The van der Waals surface area contributed by atoms with E-state index in [1.807, 2.05) is 13.3 Å². The van der Waals surface area contributed by atoms with Crippen LogP contribution in [0, 0.1) is 0 Å². The topological polar surface area (TPSA) is 44.1 Å². The summed E-state index contributed by atoms with van der Waals surface area (Å²) >= 11 is 1.50. The predicted molar refractivity (Wildman–Crippen MR) is 50.9 cm³/mol. The molecular weight excluding hydrogens is 188 g/mol. The van der Waals surface area contributed by atoms with Gasteiger partial charge in [0, 0.05) is 13.2 Å². The van der Waals surface area contributed by atoms with Crippen LogP contribution in [0.1, 0.15) is 17.4 Å². The molecule has 5 heteroatoms. The van der Waals surface area contributed by atoms with E-state index in [2.05, 4.69) is 4.98 Å². The highest BCUT2D eigenvalue weighted by molar-refractivity contribution is 7.98. The van der Waals surface area contributed by atoms with Crippen molar-refractivity contribution in [3.8, 4) is 0 Å². The first-order valence-corrected chi connectivity index (χ1v) is 5.16. The van der Waals surface area contributed by atoms with Crippen LogP contribution in [0.2, 0.25) is 0 Å². The largest absolute Gasteiger partial charge is 0.461 e. The van der Waals surface area contributed by atoms with Crippen molar-refractivity contribution in [2.75, 3.05) is 12.9 Å². The van der Waals surface area contributed by atoms with Crippen molar-refractivity contribution in [1.82, 2.24) is 9.55 Å². The Hall–Kier alpha value is -0.970. The summed E-state index contributed by atoms with van der Waals surface area (Å²) in [6.07, 6.45) is 3.58. The average molecular weight is 200 g/mol. The van der Waals surface area contributed by atoms with Gasteiger partial charge in [-0.1, -0.05) is 11.8 Å². The van der Waals surface area contributed by atoms with Gasteiger partial charge in [0.05, 0.1) is 6.61 Å². The second-order valence-electron chi connectivity index (χ2n) is 2.44. The van der Waals surface area contributed by atoms with E-state index in [0.717, 1.165) is 5.16 Å². The average Bonchev–Trinajstić information content (AvgIpc) is 2.47. The van der Waals surface area contributed by atoms with Crippen LogP contribution in [0.4, 0.5) is 0 Å². The van der Waals surface area contributed by atoms with Gasteiger partial charge in [-0.2, -0.15) is 0 Å². The molecular formula is C8H12N2O2S. The molecule has 1 rings (SSSR count). The molecule has 0 atom stereocenters. The summed E-state index contributed by atoms with van der Waals surface area (Å²) < 4.78 is 6.62. The van der Waals surface area contributed by atoms with Crippen LogP contribution in [0.3, 0.4) is 0 Å². The van der Waals surface area contributed by atoms with Crippen molar-refractivity contribution in [3.63, 3.8) is 0 Å². The lowest BCUT2D eigenvalue weighted by molar-refractivity contribution is 0.0519. The first kappa shape index (κ1) is 10.1. The molecule has 0 bridgehead atoms. The van der Waals surface area contributed by atoms with E-state index in [9.17, 15) is 4.79 Å². The number of carbonyl (C=O) groups excluding carboxylic acids is 1. The molecule has 1 aromatic rings. The molecule has 0 aromatic carbocycles. The van der Waals surface area contributed by atoms with E-state index in [-0.39, 0.29) is 5.97 Å². The molecule has 13 heavy (non-hydrogen) atoms. The number of imidazole rings is 1. The predicted octanol–water partition coefficient (Wildman–Crippen LogP) is 1.32. The van der Waals surface area contributed by atoms with Gasteiger partial charge in [-0.25, -0.2) is 9.78 Å². The molecule has 0 fully saturated rings. The van der Waals surface area contributed by atoms with E-state index in [1.165, 1.54) is 11.8 Å². The monoisotopic (exact) mass is 200 g/mol. The summed E-state index contributed by atoms with van der Waals surface area (Å²) in [6.45, 7) is 2.15. The van der Waals surface area contributed by atoms with Gasteiger partial charge in [0.2, 0.25) is 0 Å². The Morgan fingerprint density at radius 2 is 2.46 bits per heavy atom. The second kappa shape index (κ2) is 4.32. The van der Waals surface area contributed by atoms with E-state index >= 15 is 0 Å². The van der Waals surface area contributed by atoms with Crippen LogP contribution in [-0.2, 0) is 11.8 Å². The number of thioether (sulfide) groups is 1. The van der Waals surface area contributed by atoms with Crippen molar-refractivity contribution in [3.05, 3.63) is 11.9 Å². The van der Waals surface area contributed by atoms with E-state index < -0.39 is 0 Å². The van der Waals surface area contributed by atoms with Crippen molar-refractivity contribution in [2.45, 2.75) is 12.1 Å². The molecule has 0 N–H and O–H groups in total. The van der Waals surface area contributed by atoms with Crippen LogP contribution >= 0.6 is 11.8 Å². The SMILES string of the molecule is CCOC(=O)c1cn(C)c(SC)n1. The third kappa shape index (κ3) is 2.24. The van der Waals surface area contributed by atoms with Crippen LogP contribution < -0.4 is 0 Å². The third-order valence-corrected chi connectivity index (χ3v) is 2.25. The number of aromatic nitrogens is 2. The highest BCUT2D eigenvalue weighted by Gasteiger charge is 2.12. The van der Waals surface area contributed by atoms with Gasteiger partial charge >= 0.3 is 5.97 Å². The second-order valence-corrected chi connectivity index (χ2v) is 3.22. The van der Waals surface area contributed by atoms with Crippen LogP contribution in [0.25, 0.3) is 0 Å². The number of aryl methyl sites for hydroxylation is 1. The lowest BCUT2D eigenvalue weighted by atomic mass is 10.5. The summed E-state index contributed by atoms with van der Waals surface area (Å²) in [5, 5.41) is 0.808. The zero-order valence-corrected chi connectivity index (χ0v) is 8.72. The maximum absolute atomic E-state index is 11.2. The van der Waals surface area contributed by atoms with Crippen molar-refractivity contribution in [1.29, 1.82) is 0 Å². The Bertz CT molecular complexity index is 309. The lowest BCUT2D eigenvalue weighted by Crippen LogP contribution is -2.04. The van der Waals surface area contributed by atoms with E-state index in [4.69, 9.17) is 4.74 Å². The standard InChI is InChI=1S/C8H12N2O2S/c1-4-12-7(11)6-5-10(2)8(9-6)13-3/h5H,4H2,1-3H3. The third-order valence-electron chi connectivity index (χ3n) is 1.50. The van der Waals surface area contributed by atoms with Gasteiger partial charge in [-0.05, 0) is 13.2 Å². The summed E-state index contributed by atoms with van der Waals surface area (Å²) in [7, 11) is 1.85. The van der Waals surface area contributed by atoms with Crippen molar-refractivity contribution in [2.24, 2.45) is 7.05 Å². The fourth-order valence-electron chi connectivity index (χ4n) is 0.942. The Morgan fingerprint density at radius 1 is 1.77 bits per heavy atom. The first-order chi connectivity index (χ1) is 6.19. The van der Waals surface area contributed by atoms with Crippen LogP contribution in [0.15, 0.2) is 11.4 Å². The number of carbonyl (C=O) groups is 1. The fraction of sp³-hybridized carbons (Fsp3) is 0.500. The quantitative estimate of drug-likeness (QED) is 0.545. The lowest BCUT2D eigenvalue weighted by Gasteiger charge is -1.95. The van der Waals surface area contributed by atoms with Crippen LogP contribution in [-0.4, -0.2) is 28.4 Å². The van der Waals surface area contributed by atoms with Gasteiger partial charge in [-0.3, -0.25) is 0 Å². The van der Waals surface area contributed by atoms with Crippen LogP contribution in [0.5, 0.6) is 0 Å². The summed E-state index contributed by atoms with van der Waals surface area (Å²) in [4.78, 5) is 15.3. The zero-order valence-electron chi connectivity index (χ0n) is 7.90. The Labute approximate surface area is 81.3 Å². The Kier molecular flexibility index (Phi) is 3.36. The molecule has 72 valence electrons. The zero-order chi connectivity index (χ0) is 9.84. The molecule has 0 saturated heterocycles. The van der Waals surface area contributed by atoms with Crippen molar-refractivity contribution < 1.29 is 9.53 Å². The molecule has 0 spiro atoms. The molecule has 1 heterocycles. The van der Waals surface area contributed by atoms with Gasteiger partial charge in [-0.15, -0.1) is 0 Å². The number of rotatable bonds is 3. The summed E-state index contributed by atoms with van der Waals surface area (Å²) in [6, 6.07) is 0. The highest BCUT2D eigenvalue weighted by Crippen LogP contribution is 2.13. The summed E-state index contributed by atoms with van der Waals surface area (Å²) in [5.74, 6) is -0.363. The molecule has 0 radical (unpaired) electrons. The maximum atomic E-state index is 11.2. The molecule has 0 unspecified atom stereocenters. The minimum absolute atomic E-state index is 0.363. The molecule has 0 aliphatic carbocycles. The minimum atomic E-state index is -0.363. The molecule has 0 aliphatic rings. The van der Waals surface area contributed by atoms with E-state index in [1.54, 1.807) is 17.7 Å².